The van der Waals surface area contributed by atoms with Crippen LogP contribution in [0, 0.1) is 6.92 Å². The number of carbonyl (C=O) groups excluding carboxylic acids is 1. The Morgan fingerprint density at radius 2 is 2.25 bits per heavy atom. The number of hydrogen-bond donors (Lipinski definition) is 3. The number of nitrogens with zero attached hydrogens (tertiary/aromatic N) is 1. The summed E-state index contributed by atoms with van der Waals surface area (Å²) in [5.74, 6) is -0.203. The quantitative estimate of drug-likeness (QED) is 0.716. The molecule has 0 saturated carbocycles. The van der Waals surface area contributed by atoms with Crippen LogP contribution in [0.1, 0.15) is 16.2 Å². The monoisotopic (exact) mass is 217 g/mol. The Bertz CT molecular complexity index is 519. The highest BCUT2D eigenvalue weighted by Crippen LogP contribution is 2.15. The third-order valence-corrected chi connectivity index (χ3v) is 2.04. The van der Waals surface area contributed by atoms with E-state index >= 15 is 0 Å². The molecule has 16 heavy (non-hydrogen) atoms. The summed E-state index contributed by atoms with van der Waals surface area (Å²) in [6.45, 7) is 1.82. The lowest BCUT2D eigenvalue weighted by atomic mass is 10.3. The molecule has 0 unspecified atom stereocenters. The number of anilines is 1. The standard InChI is InChI=1S/C11H11N3O2/c1-7-5-10(14-13-7)11(16)12-8-3-2-4-9(15)6-8/h2-6,15H,1H3,(H,12,16)(H,13,14). The largest absolute Gasteiger partial charge is 0.508 e. The lowest BCUT2D eigenvalue weighted by Gasteiger charge is -2.02. The molecule has 1 aromatic carbocycles. The van der Waals surface area contributed by atoms with Crippen LogP contribution in [-0.2, 0) is 0 Å². The normalized spacial score (nSPS) is 10.1. The van der Waals surface area contributed by atoms with Gasteiger partial charge in [-0.1, -0.05) is 6.07 Å². The van der Waals surface area contributed by atoms with E-state index in [9.17, 15) is 9.90 Å². The summed E-state index contributed by atoms with van der Waals surface area (Å²) < 4.78 is 0. The Labute approximate surface area is 92.1 Å². The first-order valence-corrected chi connectivity index (χ1v) is 4.77. The van der Waals surface area contributed by atoms with Crippen molar-refractivity contribution in [3.8, 4) is 5.75 Å². The number of benzene rings is 1. The first-order chi connectivity index (χ1) is 7.65. The van der Waals surface area contributed by atoms with Crippen LogP contribution in [0.4, 0.5) is 5.69 Å². The molecule has 0 aliphatic heterocycles. The van der Waals surface area contributed by atoms with Crippen molar-refractivity contribution in [2.75, 3.05) is 5.32 Å². The minimum Gasteiger partial charge on any atom is -0.508 e. The van der Waals surface area contributed by atoms with E-state index in [0.717, 1.165) is 5.69 Å². The first kappa shape index (κ1) is 10.2. The fraction of sp³-hybridized carbons (Fsp3) is 0.0909. The minimum atomic E-state index is -0.310. The van der Waals surface area contributed by atoms with Crippen molar-refractivity contribution in [3.63, 3.8) is 0 Å². The zero-order valence-corrected chi connectivity index (χ0v) is 8.69. The predicted octanol–water partition coefficient (Wildman–Crippen LogP) is 1.68. The number of phenolic OH excluding ortho intramolecular Hbond substituents is 1. The molecule has 0 saturated heterocycles. The number of aromatic hydroxyl groups is 1. The van der Waals surface area contributed by atoms with Crippen LogP contribution in [0.15, 0.2) is 30.3 Å². The van der Waals surface area contributed by atoms with Gasteiger partial charge in [0.05, 0.1) is 0 Å². The van der Waals surface area contributed by atoms with Crippen LogP contribution in [0.2, 0.25) is 0 Å². The Hall–Kier alpha value is -2.30. The molecule has 0 aliphatic rings. The van der Waals surface area contributed by atoms with Gasteiger partial charge >= 0.3 is 0 Å². The Morgan fingerprint density at radius 1 is 1.44 bits per heavy atom. The molecule has 0 bridgehead atoms. The molecule has 82 valence electrons. The van der Waals surface area contributed by atoms with Gasteiger partial charge in [0.2, 0.25) is 0 Å². The average molecular weight is 217 g/mol. The Balaban J connectivity index is 2.13. The van der Waals surface area contributed by atoms with Crippen molar-refractivity contribution in [2.45, 2.75) is 6.92 Å². The number of nitrogens with one attached hydrogen (secondary N) is 2. The Kier molecular flexibility index (Phi) is 2.59. The Morgan fingerprint density at radius 3 is 2.88 bits per heavy atom. The minimum absolute atomic E-state index is 0.107. The second kappa shape index (κ2) is 4.06. The summed E-state index contributed by atoms with van der Waals surface area (Å²) in [7, 11) is 0. The van der Waals surface area contributed by atoms with Crippen molar-refractivity contribution in [2.24, 2.45) is 0 Å². The molecule has 5 heteroatoms. The molecular weight excluding hydrogens is 206 g/mol. The van der Waals surface area contributed by atoms with Crippen LogP contribution >= 0.6 is 0 Å². The van der Waals surface area contributed by atoms with Crippen molar-refractivity contribution < 1.29 is 9.90 Å². The van der Waals surface area contributed by atoms with Crippen molar-refractivity contribution in [1.82, 2.24) is 10.2 Å². The highest BCUT2D eigenvalue weighted by atomic mass is 16.3. The summed E-state index contributed by atoms with van der Waals surface area (Å²) in [5.41, 5.74) is 1.67. The molecule has 0 spiro atoms. The summed E-state index contributed by atoms with van der Waals surface area (Å²) >= 11 is 0. The van der Waals surface area contributed by atoms with Crippen molar-refractivity contribution >= 4 is 11.6 Å². The molecule has 0 fully saturated rings. The van der Waals surface area contributed by atoms with Crippen molar-refractivity contribution in [1.29, 1.82) is 0 Å². The van der Waals surface area contributed by atoms with Crippen LogP contribution in [0.5, 0.6) is 5.75 Å². The maximum Gasteiger partial charge on any atom is 0.276 e. The number of hydrogen-bond acceptors (Lipinski definition) is 3. The third-order valence-electron chi connectivity index (χ3n) is 2.04. The van der Waals surface area contributed by atoms with E-state index in [1.807, 2.05) is 6.92 Å². The van der Waals surface area contributed by atoms with Crippen LogP contribution in [0.3, 0.4) is 0 Å². The average Bonchev–Trinajstić information content (AvgIpc) is 2.65. The van der Waals surface area contributed by atoms with E-state index in [4.69, 9.17) is 0 Å². The number of H-pyrrole nitrogens is 1. The molecular formula is C11H11N3O2. The molecule has 1 heterocycles. The van der Waals surface area contributed by atoms with Gasteiger partial charge in [-0.15, -0.1) is 0 Å². The van der Waals surface area contributed by atoms with Crippen LogP contribution < -0.4 is 5.32 Å². The summed E-state index contributed by atoms with van der Waals surface area (Å²) in [6.07, 6.45) is 0. The zero-order chi connectivity index (χ0) is 11.5. The fourth-order valence-corrected chi connectivity index (χ4v) is 1.31. The highest BCUT2D eigenvalue weighted by molar-refractivity contribution is 6.02. The van der Waals surface area contributed by atoms with Gasteiger partial charge in [-0.25, -0.2) is 0 Å². The molecule has 0 atom stereocenters. The smallest absolute Gasteiger partial charge is 0.276 e. The zero-order valence-electron chi connectivity index (χ0n) is 8.69. The number of rotatable bonds is 2. The molecule has 2 aromatic rings. The number of carbonyl (C=O) groups is 1. The lowest BCUT2D eigenvalue weighted by Crippen LogP contribution is -2.12. The van der Waals surface area contributed by atoms with Gasteiger partial charge in [0.1, 0.15) is 5.75 Å². The van der Waals surface area contributed by atoms with Gasteiger partial charge < -0.3 is 10.4 Å². The SMILES string of the molecule is Cc1cc(C(=O)Nc2cccc(O)c2)n[nH]1. The van der Waals surface area contributed by atoms with Gasteiger partial charge in [-0.2, -0.15) is 5.10 Å². The number of phenols is 1. The number of aryl methyl sites for hydroxylation is 1. The molecule has 5 nitrogen and oxygen atoms in total. The molecule has 1 aromatic heterocycles. The highest BCUT2D eigenvalue weighted by Gasteiger charge is 2.09. The summed E-state index contributed by atoms with van der Waals surface area (Å²) in [4.78, 5) is 11.7. The number of amides is 1. The van der Waals surface area contributed by atoms with Crippen LogP contribution in [-0.4, -0.2) is 21.2 Å². The van der Waals surface area contributed by atoms with Gasteiger partial charge in [0, 0.05) is 17.4 Å². The van der Waals surface area contributed by atoms with Gasteiger partial charge in [0.15, 0.2) is 5.69 Å². The van der Waals surface area contributed by atoms with Crippen molar-refractivity contribution in [3.05, 3.63) is 41.7 Å². The third kappa shape index (κ3) is 2.20. The van der Waals surface area contributed by atoms with E-state index < -0.39 is 0 Å². The molecule has 3 N–H and O–H groups in total. The second-order valence-electron chi connectivity index (χ2n) is 3.44. The van der Waals surface area contributed by atoms with E-state index in [-0.39, 0.29) is 11.7 Å². The molecule has 0 radical (unpaired) electrons. The summed E-state index contributed by atoms with van der Waals surface area (Å²) in [6, 6.07) is 8.00. The first-order valence-electron chi connectivity index (χ1n) is 4.77. The topological polar surface area (TPSA) is 78.0 Å². The molecule has 2 rings (SSSR count). The second-order valence-corrected chi connectivity index (χ2v) is 3.44. The fourth-order valence-electron chi connectivity index (χ4n) is 1.31. The maximum atomic E-state index is 11.7. The molecule has 0 aliphatic carbocycles. The number of aromatic amines is 1. The number of aromatic nitrogens is 2. The van der Waals surface area contributed by atoms with E-state index in [2.05, 4.69) is 15.5 Å². The summed E-state index contributed by atoms with van der Waals surface area (Å²) in [5, 5.41) is 18.4. The van der Waals surface area contributed by atoms with Crippen LogP contribution in [0.25, 0.3) is 0 Å². The van der Waals surface area contributed by atoms with E-state index in [1.54, 1.807) is 18.2 Å². The lowest BCUT2D eigenvalue weighted by molar-refractivity contribution is 0.102. The van der Waals surface area contributed by atoms with Gasteiger partial charge in [-0.05, 0) is 25.1 Å². The van der Waals surface area contributed by atoms with Gasteiger partial charge in [0.25, 0.3) is 5.91 Å². The predicted molar refractivity (Wildman–Crippen MR) is 59.4 cm³/mol. The van der Waals surface area contributed by atoms with E-state index in [1.165, 1.54) is 12.1 Å². The molecule has 1 amide bonds. The maximum absolute atomic E-state index is 11.7. The van der Waals surface area contributed by atoms with E-state index in [0.29, 0.717) is 11.4 Å². The van der Waals surface area contributed by atoms with Gasteiger partial charge in [-0.3, -0.25) is 9.89 Å².